The molecule has 3 N–H and O–H groups in total. The van der Waals surface area contributed by atoms with Crippen LogP contribution in [0.25, 0.3) is 0 Å². The highest BCUT2D eigenvalue weighted by Crippen LogP contribution is 2.40. The molecule has 0 unspecified atom stereocenters. The predicted octanol–water partition coefficient (Wildman–Crippen LogP) is 4.25. The number of likely N-dealkylation sites (N-methyl/N-ethyl adjacent to an activating group) is 1. The fourth-order valence-corrected chi connectivity index (χ4v) is 5.50. The van der Waals surface area contributed by atoms with Crippen molar-refractivity contribution in [3.63, 3.8) is 0 Å². The third kappa shape index (κ3) is 6.72. The molecule has 2 aromatic rings. The van der Waals surface area contributed by atoms with Crippen LogP contribution in [0.1, 0.15) is 19.3 Å². The first-order valence-corrected chi connectivity index (χ1v) is 12.5. The number of sulfonamides is 1. The molecule has 35 heavy (non-hydrogen) atoms. The lowest BCUT2D eigenvalue weighted by molar-refractivity contribution is -0.187. The minimum absolute atomic E-state index is 0.00449. The maximum absolute atomic E-state index is 14.9. The Morgan fingerprint density at radius 2 is 1.94 bits per heavy atom. The Balaban J connectivity index is 1.84. The number of alkyl halides is 3. The van der Waals surface area contributed by atoms with Gasteiger partial charge in [-0.3, -0.25) is 9.62 Å². The summed E-state index contributed by atoms with van der Waals surface area (Å²) in [6, 6.07) is 3.88. The van der Waals surface area contributed by atoms with E-state index in [1.807, 2.05) is 4.72 Å². The van der Waals surface area contributed by atoms with E-state index >= 15 is 0 Å². The fourth-order valence-electron chi connectivity index (χ4n) is 4.13. The second kappa shape index (κ2) is 10.8. The molecule has 3 atom stereocenters. The molecule has 1 aliphatic rings. The first-order valence-electron chi connectivity index (χ1n) is 10.6. The summed E-state index contributed by atoms with van der Waals surface area (Å²) in [6.45, 7) is -0.127. The maximum Gasteiger partial charge on any atom is 0.391 e. The zero-order chi connectivity index (χ0) is 26.0. The van der Waals surface area contributed by atoms with Crippen molar-refractivity contribution < 1.29 is 35.5 Å². The van der Waals surface area contributed by atoms with Crippen molar-refractivity contribution in [3.8, 4) is 0 Å². The van der Waals surface area contributed by atoms with Crippen LogP contribution in [-0.4, -0.2) is 61.9 Å². The fraction of sp³-hybridized carbons (Fsp3) is 0.476. The lowest BCUT2D eigenvalue weighted by atomic mass is 9.81. The molecular weight excluding hydrogens is 519 g/mol. The lowest BCUT2D eigenvalue weighted by Gasteiger charge is -2.42. The summed E-state index contributed by atoms with van der Waals surface area (Å²) in [7, 11) is -2.93. The van der Waals surface area contributed by atoms with Crippen LogP contribution in [-0.2, 0) is 10.0 Å². The van der Waals surface area contributed by atoms with Crippen molar-refractivity contribution in [1.29, 1.82) is 0 Å². The van der Waals surface area contributed by atoms with E-state index in [0.29, 0.717) is 0 Å². The van der Waals surface area contributed by atoms with E-state index in [9.17, 15) is 35.5 Å². The van der Waals surface area contributed by atoms with Crippen molar-refractivity contribution in [3.05, 3.63) is 47.1 Å². The summed E-state index contributed by atoms with van der Waals surface area (Å²) in [5, 5.41) is 12.0. The highest BCUT2D eigenvalue weighted by atomic mass is 35.5. The number of nitrogens with zero attached hydrogens (tertiary/aromatic N) is 2. The van der Waals surface area contributed by atoms with Crippen molar-refractivity contribution >= 4 is 33.1 Å². The molecule has 14 heteroatoms. The van der Waals surface area contributed by atoms with E-state index in [0.717, 1.165) is 18.2 Å². The highest BCUT2D eigenvalue weighted by molar-refractivity contribution is 7.92. The largest absolute Gasteiger partial charge is 0.395 e. The number of halogens is 6. The first kappa shape index (κ1) is 27.4. The Kier molecular flexibility index (Phi) is 8.45. The standard InChI is InChI=1S/C21H24ClF5N4O3S/c1-31(7-8-32)17-9-12(21(25,26)27)5-6-15(17)28-16-11-14(23)18(10-13(16)22)35(33,34)30-20-4-2-3-19(24)29-20/h2-4,10-12,15,17,28,32H,5-9H2,1H3,(H,29,30)/t12-,15-,17-/m0/s1. The molecule has 1 heterocycles. The van der Waals surface area contributed by atoms with Crippen LogP contribution in [0.2, 0.25) is 5.02 Å². The topological polar surface area (TPSA) is 94.6 Å². The monoisotopic (exact) mass is 542 g/mol. The second-order valence-corrected chi connectivity index (χ2v) is 10.3. The minimum atomic E-state index is -4.52. The zero-order valence-electron chi connectivity index (χ0n) is 18.5. The third-order valence-corrected chi connectivity index (χ3v) is 7.59. The van der Waals surface area contributed by atoms with Gasteiger partial charge < -0.3 is 10.4 Å². The van der Waals surface area contributed by atoms with Gasteiger partial charge in [0.1, 0.15) is 16.5 Å². The number of nitrogens with one attached hydrogen (secondary N) is 2. The molecule has 1 aromatic carbocycles. The molecule has 0 spiro atoms. The molecule has 1 saturated carbocycles. The number of pyridine rings is 1. The SMILES string of the molecule is CN(CCO)[C@H]1C[C@@H](C(F)(F)F)CC[C@@H]1Nc1cc(F)c(S(=O)(=O)Nc2cccc(F)n2)cc1Cl. The molecule has 0 bridgehead atoms. The van der Waals surface area contributed by atoms with Gasteiger partial charge in [-0.2, -0.15) is 17.6 Å². The van der Waals surface area contributed by atoms with Crippen LogP contribution in [0.15, 0.2) is 35.2 Å². The molecule has 7 nitrogen and oxygen atoms in total. The average molecular weight is 543 g/mol. The van der Waals surface area contributed by atoms with Gasteiger partial charge in [0.2, 0.25) is 5.95 Å². The van der Waals surface area contributed by atoms with Crippen molar-refractivity contribution in [1.82, 2.24) is 9.88 Å². The molecule has 0 amide bonds. The smallest absolute Gasteiger partial charge is 0.391 e. The van der Waals surface area contributed by atoms with Gasteiger partial charge >= 0.3 is 6.18 Å². The van der Waals surface area contributed by atoms with Crippen molar-refractivity contribution in [2.75, 3.05) is 30.2 Å². The van der Waals surface area contributed by atoms with Gasteiger partial charge in [0, 0.05) is 18.6 Å². The van der Waals surface area contributed by atoms with Crippen molar-refractivity contribution in [2.45, 2.75) is 42.4 Å². The molecule has 1 aromatic heterocycles. The zero-order valence-corrected chi connectivity index (χ0v) is 20.1. The Hall–Kier alpha value is -2.22. The van der Waals surface area contributed by atoms with Gasteiger partial charge in [0.15, 0.2) is 0 Å². The summed E-state index contributed by atoms with van der Waals surface area (Å²) >= 11 is 6.21. The Morgan fingerprint density at radius 3 is 2.57 bits per heavy atom. The second-order valence-electron chi connectivity index (χ2n) is 8.29. The number of anilines is 2. The maximum atomic E-state index is 14.9. The van der Waals surface area contributed by atoms with Crippen LogP contribution in [0.5, 0.6) is 0 Å². The summed E-state index contributed by atoms with van der Waals surface area (Å²) in [5.74, 6) is -4.00. The van der Waals surface area contributed by atoms with Crippen LogP contribution in [0, 0.1) is 17.7 Å². The molecule has 1 aliphatic carbocycles. The quantitative estimate of drug-likeness (QED) is 0.341. The number of hydrogen-bond acceptors (Lipinski definition) is 6. The number of rotatable bonds is 8. The van der Waals surface area contributed by atoms with Crippen molar-refractivity contribution in [2.24, 2.45) is 5.92 Å². The summed E-state index contributed by atoms with van der Waals surface area (Å²) in [6.07, 6.45) is -4.65. The summed E-state index contributed by atoms with van der Waals surface area (Å²) in [5.41, 5.74) is 0.00449. The van der Waals surface area contributed by atoms with Crippen LogP contribution in [0.3, 0.4) is 0 Å². The normalized spacial score (nSPS) is 21.2. The van der Waals surface area contributed by atoms with E-state index in [4.69, 9.17) is 11.6 Å². The van der Waals surface area contributed by atoms with Gasteiger partial charge in [0.25, 0.3) is 10.0 Å². The number of hydrogen-bond donors (Lipinski definition) is 3. The number of benzene rings is 1. The summed E-state index contributed by atoms with van der Waals surface area (Å²) < 4.78 is 95.2. The van der Waals surface area contributed by atoms with E-state index in [2.05, 4.69) is 10.3 Å². The minimum Gasteiger partial charge on any atom is -0.395 e. The molecule has 1 fully saturated rings. The van der Waals surface area contributed by atoms with Gasteiger partial charge in [-0.1, -0.05) is 17.7 Å². The molecule has 3 rings (SSSR count). The van der Waals surface area contributed by atoms with Gasteiger partial charge in [0.05, 0.1) is 23.2 Å². The molecule has 194 valence electrons. The Morgan fingerprint density at radius 1 is 1.23 bits per heavy atom. The first-order chi connectivity index (χ1) is 16.3. The number of aliphatic hydroxyl groups excluding tert-OH is 1. The van der Waals surface area contributed by atoms with E-state index in [-0.39, 0.29) is 48.9 Å². The molecule has 0 aliphatic heterocycles. The van der Waals surface area contributed by atoms with Crippen LogP contribution < -0.4 is 10.0 Å². The van der Waals surface area contributed by atoms with Gasteiger partial charge in [-0.25, -0.2) is 17.8 Å². The van der Waals surface area contributed by atoms with E-state index < -0.39 is 50.9 Å². The number of aliphatic hydroxyl groups is 1. The average Bonchev–Trinajstić information content (AvgIpc) is 2.75. The lowest BCUT2D eigenvalue weighted by Crippen LogP contribution is -2.51. The molecule has 0 radical (unpaired) electrons. The van der Waals surface area contributed by atoms with E-state index in [1.54, 1.807) is 11.9 Å². The van der Waals surface area contributed by atoms with Crippen LogP contribution >= 0.6 is 11.6 Å². The van der Waals surface area contributed by atoms with Gasteiger partial charge in [-0.05, 0) is 50.6 Å². The third-order valence-electron chi connectivity index (χ3n) is 5.90. The van der Waals surface area contributed by atoms with Crippen LogP contribution in [0.4, 0.5) is 33.5 Å². The Labute approximate surface area is 204 Å². The molecular formula is C21H24ClF5N4O3S. The Bertz CT molecular complexity index is 1150. The highest BCUT2D eigenvalue weighted by Gasteiger charge is 2.46. The van der Waals surface area contributed by atoms with E-state index in [1.165, 1.54) is 12.1 Å². The predicted molar refractivity (Wildman–Crippen MR) is 121 cm³/mol. The summed E-state index contributed by atoms with van der Waals surface area (Å²) in [4.78, 5) is 4.15. The molecule has 0 saturated heterocycles. The number of aromatic nitrogens is 1. The van der Waals surface area contributed by atoms with Gasteiger partial charge in [-0.15, -0.1) is 0 Å².